The predicted octanol–water partition coefficient (Wildman–Crippen LogP) is 1.65. The Morgan fingerprint density at radius 3 is 3.00 bits per heavy atom. The standard InChI is InChI=1S/C9H11ClN2O/c1-3-5-12-8(4-2)11-7(10)6-9(12)13/h3,6H,1,4-5H2,2H3. The summed E-state index contributed by atoms with van der Waals surface area (Å²) in [6.07, 6.45) is 2.35. The fourth-order valence-electron chi connectivity index (χ4n) is 1.12. The van der Waals surface area contributed by atoms with Crippen LogP contribution in [0.5, 0.6) is 0 Å². The van der Waals surface area contributed by atoms with Crippen molar-refractivity contribution < 1.29 is 0 Å². The summed E-state index contributed by atoms with van der Waals surface area (Å²) in [5.74, 6) is 0.692. The van der Waals surface area contributed by atoms with Gasteiger partial charge < -0.3 is 0 Å². The molecule has 13 heavy (non-hydrogen) atoms. The number of allylic oxidation sites excluding steroid dienone is 1. The zero-order valence-corrected chi connectivity index (χ0v) is 8.21. The fourth-order valence-corrected chi connectivity index (χ4v) is 1.31. The number of hydrogen-bond donors (Lipinski definition) is 0. The summed E-state index contributed by atoms with van der Waals surface area (Å²) in [5.41, 5.74) is -0.128. The molecule has 0 aromatic carbocycles. The first-order valence-corrected chi connectivity index (χ1v) is 4.44. The molecule has 0 saturated carbocycles. The van der Waals surface area contributed by atoms with E-state index in [0.717, 1.165) is 0 Å². The van der Waals surface area contributed by atoms with E-state index in [4.69, 9.17) is 11.6 Å². The van der Waals surface area contributed by atoms with Gasteiger partial charge in [0.15, 0.2) is 0 Å². The van der Waals surface area contributed by atoms with Crippen LogP contribution >= 0.6 is 11.6 Å². The van der Waals surface area contributed by atoms with Gasteiger partial charge in [-0.2, -0.15) is 0 Å². The summed E-state index contributed by atoms with van der Waals surface area (Å²) in [6, 6.07) is 1.31. The van der Waals surface area contributed by atoms with Gasteiger partial charge >= 0.3 is 0 Å². The molecular formula is C9H11ClN2O. The van der Waals surface area contributed by atoms with E-state index in [-0.39, 0.29) is 10.7 Å². The first kappa shape index (κ1) is 9.99. The summed E-state index contributed by atoms with van der Waals surface area (Å²) >= 11 is 5.65. The summed E-state index contributed by atoms with van der Waals surface area (Å²) in [4.78, 5) is 15.5. The summed E-state index contributed by atoms with van der Waals surface area (Å²) < 4.78 is 1.55. The van der Waals surface area contributed by atoms with E-state index in [1.807, 2.05) is 6.92 Å². The molecule has 0 aliphatic carbocycles. The van der Waals surface area contributed by atoms with Crippen LogP contribution < -0.4 is 5.56 Å². The van der Waals surface area contributed by atoms with Crippen LogP contribution in [0.25, 0.3) is 0 Å². The van der Waals surface area contributed by atoms with Gasteiger partial charge in [0.2, 0.25) is 0 Å². The SMILES string of the molecule is C=CCn1c(CC)nc(Cl)cc1=O. The Morgan fingerprint density at radius 1 is 1.77 bits per heavy atom. The zero-order chi connectivity index (χ0) is 9.84. The molecule has 0 unspecified atom stereocenters. The van der Waals surface area contributed by atoms with Crippen molar-refractivity contribution in [3.05, 3.63) is 40.1 Å². The second kappa shape index (κ2) is 4.23. The van der Waals surface area contributed by atoms with Crippen molar-refractivity contribution in [2.75, 3.05) is 0 Å². The molecule has 0 atom stereocenters. The second-order valence-electron chi connectivity index (χ2n) is 2.59. The van der Waals surface area contributed by atoms with E-state index in [1.54, 1.807) is 10.6 Å². The highest BCUT2D eigenvalue weighted by molar-refractivity contribution is 6.29. The maximum Gasteiger partial charge on any atom is 0.255 e. The highest BCUT2D eigenvalue weighted by atomic mass is 35.5. The van der Waals surface area contributed by atoms with Crippen molar-refractivity contribution in [1.82, 2.24) is 9.55 Å². The quantitative estimate of drug-likeness (QED) is 0.547. The molecule has 1 aromatic heterocycles. The third-order valence-corrected chi connectivity index (χ3v) is 1.88. The number of halogens is 1. The molecule has 0 fully saturated rings. The fraction of sp³-hybridized carbons (Fsp3) is 0.333. The van der Waals surface area contributed by atoms with Gasteiger partial charge in [-0.25, -0.2) is 4.98 Å². The molecule has 70 valence electrons. The Balaban J connectivity index is 3.29. The van der Waals surface area contributed by atoms with Crippen LogP contribution in [0, 0.1) is 0 Å². The third kappa shape index (κ3) is 2.18. The molecule has 0 N–H and O–H groups in total. The molecule has 4 heteroatoms. The molecule has 0 amide bonds. The van der Waals surface area contributed by atoms with E-state index >= 15 is 0 Å². The van der Waals surface area contributed by atoms with Crippen molar-refractivity contribution in [2.24, 2.45) is 0 Å². The highest BCUT2D eigenvalue weighted by Gasteiger charge is 2.03. The lowest BCUT2D eigenvalue weighted by atomic mass is 10.4. The van der Waals surface area contributed by atoms with E-state index in [9.17, 15) is 4.79 Å². The first-order chi connectivity index (χ1) is 6.19. The minimum absolute atomic E-state index is 0.128. The molecule has 0 saturated heterocycles. The van der Waals surface area contributed by atoms with Crippen LogP contribution in [0.3, 0.4) is 0 Å². The maximum atomic E-state index is 11.4. The van der Waals surface area contributed by atoms with Crippen molar-refractivity contribution in [3.63, 3.8) is 0 Å². The van der Waals surface area contributed by atoms with Gasteiger partial charge in [-0.15, -0.1) is 6.58 Å². The van der Waals surface area contributed by atoms with Gasteiger partial charge in [0.05, 0.1) is 0 Å². The Labute approximate surface area is 81.7 Å². The largest absolute Gasteiger partial charge is 0.293 e. The van der Waals surface area contributed by atoms with Gasteiger partial charge in [-0.05, 0) is 0 Å². The van der Waals surface area contributed by atoms with Crippen molar-refractivity contribution in [3.8, 4) is 0 Å². The zero-order valence-electron chi connectivity index (χ0n) is 7.46. The maximum absolute atomic E-state index is 11.4. The summed E-state index contributed by atoms with van der Waals surface area (Å²) in [6.45, 7) is 5.98. The average molecular weight is 199 g/mol. The predicted molar refractivity (Wildman–Crippen MR) is 53.1 cm³/mol. The Kier molecular flexibility index (Phi) is 3.25. The summed E-state index contributed by atoms with van der Waals surface area (Å²) in [7, 11) is 0. The first-order valence-electron chi connectivity index (χ1n) is 4.06. The van der Waals surface area contributed by atoms with Gasteiger partial charge in [-0.1, -0.05) is 24.6 Å². The minimum Gasteiger partial charge on any atom is -0.293 e. The number of aryl methyl sites for hydroxylation is 1. The van der Waals surface area contributed by atoms with Crippen molar-refractivity contribution in [2.45, 2.75) is 19.9 Å². The van der Waals surface area contributed by atoms with Crippen molar-refractivity contribution in [1.29, 1.82) is 0 Å². The van der Waals surface area contributed by atoms with E-state index in [2.05, 4.69) is 11.6 Å². The lowest BCUT2D eigenvalue weighted by Crippen LogP contribution is -2.23. The Bertz CT molecular complexity index is 370. The van der Waals surface area contributed by atoms with Gasteiger partial charge in [0, 0.05) is 19.0 Å². The van der Waals surface area contributed by atoms with Gasteiger partial charge in [0.25, 0.3) is 5.56 Å². The Hall–Kier alpha value is -1.09. The second-order valence-corrected chi connectivity index (χ2v) is 2.97. The molecule has 1 rings (SSSR count). The molecule has 3 nitrogen and oxygen atoms in total. The number of hydrogen-bond acceptors (Lipinski definition) is 2. The molecule has 0 aliphatic rings. The molecular weight excluding hydrogens is 188 g/mol. The number of aromatic nitrogens is 2. The van der Waals surface area contributed by atoms with Gasteiger partial charge in [-0.3, -0.25) is 9.36 Å². The van der Waals surface area contributed by atoms with Gasteiger partial charge in [0.1, 0.15) is 11.0 Å². The number of nitrogens with zero attached hydrogens (tertiary/aromatic N) is 2. The monoisotopic (exact) mass is 198 g/mol. The Morgan fingerprint density at radius 2 is 2.46 bits per heavy atom. The minimum atomic E-state index is -0.128. The van der Waals surface area contributed by atoms with E-state index in [1.165, 1.54) is 6.07 Å². The number of rotatable bonds is 3. The average Bonchev–Trinajstić information content (AvgIpc) is 2.09. The van der Waals surface area contributed by atoms with Crippen LogP contribution in [0.1, 0.15) is 12.7 Å². The smallest absolute Gasteiger partial charge is 0.255 e. The third-order valence-electron chi connectivity index (χ3n) is 1.68. The normalized spacial score (nSPS) is 10.0. The lowest BCUT2D eigenvalue weighted by molar-refractivity contribution is 0.687. The van der Waals surface area contributed by atoms with Crippen LogP contribution in [0.2, 0.25) is 5.15 Å². The molecule has 0 radical (unpaired) electrons. The van der Waals surface area contributed by atoms with Crippen LogP contribution in [-0.2, 0) is 13.0 Å². The van der Waals surface area contributed by atoms with Crippen LogP contribution in [0.15, 0.2) is 23.5 Å². The van der Waals surface area contributed by atoms with Crippen molar-refractivity contribution >= 4 is 11.6 Å². The van der Waals surface area contributed by atoms with Crippen LogP contribution in [0.4, 0.5) is 0 Å². The molecule has 1 aromatic rings. The van der Waals surface area contributed by atoms with E-state index in [0.29, 0.717) is 18.8 Å². The lowest BCUT2D eigenvalue weighted by Gasteiger charge is -2.07. The molecule has 1 heterocycles. The summed E-state index contributed by atoms with van der Waals surface area (Å²) in [5, 5.41) is 0.252. The molecule has 0 bridgehead atoms. The molecule has 0 aliphatic heterocycles. The highest BCUT2D eigenvalue weighted by Crippen LogP contribution is 2.02. The van der Waals surface area contributed by atoms with E-state index < -0.39 is 0 Å². The topological polar surface area (TPSA) is 34.9 Å². The molecule has 0 spiro atoms. The van der Waals surface area contributed by atoms with Crippen LogP contribution in [-0.4, -0.2) is 9.55 Å².